The van der Waals surface area contributed by atoms with Crippen molar-refractivity contribution in [3.63, 3.8) is 0 Å². The van der Waals surface area contributed by atoms with Crippen molar-refractivity contribution in [3.8, 4) is 0 Å². The molecule has 0 spiro atoms. The minimum Gasteiger partial charge on any atom is -0.404 e. The molecule has 190 valence electrons. The van der Waals surface area contributed by atoms with Crippen molar-refractivity contribution in [1.29, 1.82) is 0 Å². The predicted molar refractivity (Wildman–Crippen MR) is 148 cm³/mol. The van der Waals surface area contributed by atoms with E-state index in [0.717, 1.165) is 3.39 Å². The lowest BCUT2D eigenvalue weighted by molar-refractivity contribution is -0.244. The number of aliphatic hydroxyl groups excluding tert-OH is 1. The number of aliphatic hydroxyl groups is 1. The van der Waals surface area contributed by atoms with Crippen LogP contribution in [-0.2, 0) is 18.6 Å². The molecule has 2 aromatic rings. The molecule has 2 aliphatic heterocycles. The molecule has 0 unspecified atom stereocenters. The molecule has 0 bridgehead atoms. The molecule has 2 aliphatic rings. The molecule has 8 heteroatoms. The molecule has 0 aliphatic carbocycles. The van der Waals surface area contributed by atoms with Gasteiger partial charge in [-0.2, -0.15) is 0 Å². The van der Waals surface area contributed by atoms with Crippen LogP contribution in [0, 0.1) is 0 Å². The maximum absolute atomic E-state index is 11.5. The fraction of sp³-hybridized carbons (Fsp3) is 0.481. The van der Waals surface area contributed by atoms with Gasteiger partial charge in [-0.05, 0) is 61.1 Å². The summed E-state index contributed by atoms with van der Waals surface area (Å²) in [6.45, 7) is 10.5. The van der Waals surface area contributed by atoms with E-state index in [0.29, 0.717) is 6.42 Å². The highest BCUT2D eigenvalue weighted by Gasteiger charge is 2.62. The Kier molecular flexibility index (Phi) is 7.88. The molecule has 2 saturated heterocycles. The van der Waals surface area contributed by atoms with Crippen LogP contribution in [0.2, 0.25) is 5.04 Å². The standard InChI is InChI=1S/C27H34Br2O5Si/c1-25(2,3)35(19-12-8-6-9-13-19,20-14-10-7-11-15-20)31-18-27(17-16-21(28)29)23(30)22-24(34-27)33-26(4,5)32-22/h6-16,22-24,30H,17-18H2,1-5H3/t22-,23+,24+,27-/m1/s1. The summed E-state index contributed by atoms with van der Waals surface area (Å²) in [7, 11) is -2.83. The Labute approximate surface area is 226 Å². The topological polar surface area (TPSA) is 57.2 Å². The van der Waals surface area contributed by atoms with E-state index < -0.39 is 38.2 Å². The van der Waals surface area contributed by atoms with Crippen LogP contribution in [0.5, 0.6) is 0 Å². The largest absolute Gasteiger partial charge is 0.404 e. The van der Waals surface area contributed by atoms with Crippen molar-refractivity contribution in [2.24, 2.45) is 0 Å². The Morgan fingerprint density at radius 1 is 0.971 bits per heavy atom. The number of rotatable bonds is 7. The summed E-state index contributed by atoms with van der Waals surface area (Å²) in [6.07, 6.45) is 0.172. The third-order valence-corrected chi connectivity index (χ3v) is 12.5. The second kappa shape index (κ2) is 10.1. The average Bonchev–Trinajstić information content (AvgIpc) is 3.23. The van der Waals surface area contributed by atoms with Gasteiger partial charge in [0, 0.05) is 6.42 Å². The SMILES string of the molecule is CC1(C)O[C@H]2O[C@](CC=C(Br)Br)(CO[Si](c3ccccc3)(c3ccccc3)C(C)(C)C)[C@@H](O)[C@H]2O1. The number of ether oxygens (including phenoxy) is 3. The number of benzene rings is 2. The van der Waals surface area contributed by atoms with Gasteiger partial charge in [0.15, 0.2) is 12.1 Å². The first-order valence-corrected chi connectivity index (χ1v) is 15.4. The van der Waals surface area contributed by atoms with E-state index in [4.69, 9.17) is 18.6 Å². The van der Waals surface area contributed by atoms with Crippen molar-refractivity contribution in [2.75, 3.05) is 6.61 Å². The molecule has 0 saturated carbocycles. The number of halogens is 2. The van der Waals surface area contributed by atoms with Gasteiger partial charge in [-0.3, -0.25) is 0 Å². The lowest BCUT2D eigenvalue weighted by atomic mass is 9.92. The van der Waals surface area contributed by atoms with Gasteiger partial charge < -0.3 is 23.7 Å². The van der Waals surface area contributed by atoms with Crippen molar-refractivity contribution < 1.29 is 23.7 Å². The van der Waals surface area contributed by atoms with Crippen molar-refractivity contribution in [1.82, 2.24) is 0 Å². The van der Waals surface area contributed by atoms with Gasteiger partial charge in [0.05, 0.1) is 10.00 Å². The van der Waals surface area contributed by atoms with E-state index in [1.807, 2.05) is 32.1 Å². The van der Waals surface area contributed by atoms with Crippen LogP contribution in [0.4, 0.5) is 0 Å². The fourth-order valence-corrected chi connectivity index (χ4v) is 10.2. The van der Waals surface area contributed by atoms with Gasteiger partial charge in [-0.25, -0.2) is 0 Å². The molecule has 4 rings (SSSR count). The van der Waals surface area contributed by atoms with Crippen LogP contribution in [0.25, 0.3) is 0 Å². The zero-order valence-electron chi connectivity index (χ0n) is 20.8. The highest BCUT2D eigenvalue weighted by Crippen LogP contribution is 2.46. The van der Waals surface area contributed by atoms with E-state index in [-0.39, 0.29) is 11.6 Å². The summed E-state index contributed by atoms with van der Waals surface area (Å²) >= 11 is 6.89. The van der Waals surface area contributed by atoms with Gasteiger partial charge in [0.25, 0.3) is 8.32 Å². The molecule has 4 atom stereocenters. The molecular weight excluding hydrogens is 592 g/mol. The summed E-state index contributed by atoms with van der Waals surface area (Å²) in [5.41, 5.74) is -1.04. The second-order valence-corrected chi connectivity index (χ2v) is 17.8. The van der Waals surface area contributed by atoms with E-state index in [1.165, 1.54) is 10.4 Å². The first-order valence-electron chi connectivity index (χ1n) is 11.9. The number of fused-ring (bicyclic) bond motifs is 1. The maximum atomic E-state index is 11.5. The fourth-order valence-electron chi connectivity index (χ4n) is 5.25. The van der Waals surface area contributed by atoms with Gasteiger partial charge in [0.1, 0.15) is 17.8 Å². The van der Waals surface area contributed by atoms with Crippen LogP contribution >= 0.6 is 31.9 Å². The molecule has 0 aromatic heterocycles. The lowest BCUT2D eigenvalue weighted by Crippen LogP contribution is -2.68. The first-order chi connectivity index (χ1) is 16.4. The van der Waals surface area contributed by atoms with E-state index in [9.17, 15) is 5.11 Å². The summed E-state index contributed by atoms with van der Waals surface area (Å²) in [4.78, 5) is 0. The van der Waals surface area contributed by atoms with Crippen molar-refractivity contribution in [3.05, 3.63) is 70.1 Å². The molecule has 0 amide bonds. The molecule has 2 heterocycles. The van der Waals surface area contributed by atoms with Gasteiger partial charge in [-0.15, -0.1) is 0 Å². The predicted octanol–water partition coefficient (Wildman–Crippen LogP) is 5.19. The van der Waals surface area contributed by atoms with E-state index in [2.05, 4.69) is 101 Å². The zero-order chi connectivity index (χ0) is 25.5. The Morgan fingerprint density at radius 3 is 1.97 bits per heavy atom. The lowest BCUT2D eigenvalue weighted by Gasteiger charge is -2.45. The van der Waals surface area contributed by atoms with Gasteiger partial charge in [0.2, 0.25) is 0 Å². The summed E-state index contributed by atoms with van der Waals surface area (Å²) < 4.78 is 26.4. The third-order valence-electron chi connectivity index (χ3n) is 6.84. The van der Waals surface area contributed by atoms with Crippen LogP contribution in [0.3, 0.4) is 0 Å². The Bertz CT molecular complexity index is 997. The molecule has 2 fully saturated rings. The maximum Gasteiger partial charge on any atom is 0.261 e. The minimum atomic E-state index is -2.83. The molecule has 35 heavy (non-hydrogen) atoms. The quantitative estimate of drug-likeness (QED) is 0.429. The van der Waals surface area contributed by atoms with Crippen molar-refractivity contribution >= 4 is 50.6 Å². The van der Waals surface area contributed by atoms with Crippen LogP contribution in [0.15, 0.2) is 70.1 Å². The Morgan fingerprint density at radius 2 is 1.51 bits per heavy atom. The smallest absolute Gasteiger partial charge is 0.261 e. The number of hydrogen-bond acceptors (Lipinski definition) is 5. The normalized spacial score (nSPS) is 28.1. The molecule has 2 aromatic carbocycles. The van der Waals surface area contributed by atoms with E-state index in [1.54, 1.807) is 0 Å². The summed E-state index contributed by atoms with van der Waals surface area (Å²) in [5, 5.41) is 13.7. The van der Waals surface area contributed by atoms with Gasteiger partial charge in [-0.1, -0.05) is 87.5 Å². The third kappa shape index (κ3) is 5.27. The van der Waals surface area contributed by atoms with E-state index >= 15 is 0 Å². The van der Waals surface area contributed by atoms with Gasteiger partial charge >= 0.3 is 0 Å². The molecule has 5 nitrogen and oxygen atoms in total. The Balaban J connectivity index is 1.77. The first kappa shape index (κ1) is 27.2. The minimum absolute atomic E-state index is 0.186. The molecule has 1 N–H and O–H groups in total. The zero-order valence-corrected chi connectivity index (χ0v) is 25.0. The second-order valence-electron chi connectivity index (χ2n) is 10.7. The van der Waals surface area contributed by atoms with Crippen LogP contribution < -0.4 is 10.4 Å². The Hall–Kier alpha value is -0.843. The summed E-state index contributed by atoms with van der Waals surface area (Å²) in [6, 6.07) is 20.9. The highest BCUT2D eigenvalue weighted by molar-refractivity contribution is 9.28. The molecular formula is C27H34Br2O5Si. The van der Waals surface area contributed by atoms with Crippen LogP contribution in [0.1, 0.15) is 41.0 Å². The van der Waals surface area contributed by atoms with Crippen LogP contribution in [-0.4, -0.2) is 49.9 Å². The molecule has 0 radical (unpaired) electrons. The monoisotopic (exact) mass is 624 g/mol. The summed E-state index contributed by atoms with van der Waals surface area (Å²) in [5.74, 6) is -0.812. The number of hydrogen-bond donors (Lipinski definition) is 1. The van der Waals surface area contributed by atoms with Crippen molar-refractivity contribution in [2.45, 2.75) is 76.0 Å². The average molecular weight is 626 g/mol. The highest BCUT2D eigenvalue weighted by atomic mass is 79.9.